The van der Waals surface area contributed by atoms with Crippen molar-refractivity contribution in [1.29, 1.82) is 0 Å². The Balaban J connectivity index is 2.10. The molecule has 0 aromatic heterocycles. The summed E-state index contributed by atoms with van der Waals surface area (Å²) in [5, 5.41) is 0. The van der Waals surface area contributed by atoms with E-state index in [0.29, 0.717) is 0 Å². The summed E-state index contributed by atoms with van der Waals surface area (Å²) < 4.78 is 14.5. The van der Waals surface area contributed by atoms with Crippen molar-refractivity contribution in [2.24, 2.45) is 0 Å². The zero-order valence-corrected chi connectivity index (χ0v) is 15.1. The van der Waals surface area contributed by atoms with Crippen LogP contribution < -0.4 is 0 Å². The number of benzene rings is 3. The van der Waals surface area contributed by atoms with Crippen molar-refractivity contribution in [2.45, 2.75) is 21.6 Å². The van der Waals surface area contributed by atoms with Gasteiger partial charge >= 0.3 is 0 Å². The minimum Gasteiger partial charge on any atom is -0.207 e. The molecule has 0 amide bonds. The fraction of sp³-hybridized carbons (Fsp3) is 0.0526. The molecule has 0 spiro atoms. The summed E-state index contributed by atoms with van der Waals surface area (Å²) >= 11 is 2.31. The lowest BCUT2D eigenvalue weighted by atomic mass is 10.2. The van der Waals surface area contributed by atoms with Crippen LogP contribution in [0.15, 0.2) is 87.5 Å². The lowest BCUT2D eigenvalue weighted by Crippen LogP contribution is -2.05. The zero-order valence-electron chi connectivity index (χ0n) is 12.1. The van der Waals surface area contributed by atoms with E-state index in [1.807, 2.05) is 12.1 Å². The highest BCUT2D eigenvalue weighted by Gasteiger charge is 2.28. The summed E-state index contributed by atoms with van der Waals surface area (Å²) in [6.45, 7) is 2.09. The van der Waals surface area contributed by atoms with Crippen molar-refractivity contribution in [3.8, 4) is 0 Å². The Morgan fingerprint density at radius 1 is 0.682 bits per heavy atom. The topological polar surface area (TPSA) is 0 Å². The molecule has 0 fully saturated rings. The van der Waals surface area contributed by atoms with Crippen LogP contribution in [0.2, 0.25) is 0 Å². The van der Waals surface area contributed by atoms with Gasteiger partial charge < -0.3 is 0 Å². The standard InChI is InChI=1S/C19H15FIS/c1-14-2-8-17(9-3-14)22(18-10-4-15(20)5-11-18)19-12-6-16(21)7-13-19/h2-13H,1H3/q+1. The SMILES string of the molecule is Cc1ccc([S+](c2ccc(F)cc2)c2ccc(I)cc2)cc1. The van der Waals surface area contributed by atoms with E-state index in [1.165, 1.54) is 31.1 Å². The van der Waals surface area contributed by atoms with Crippen molar-refractivity contribution in [3.05, 3.63) is 87.7 Å². The highest BCUT2D eigenvalue weighted by molar-refractivity contribution is 14.1. The third-order valence-corrected chi connectivity index (χ3v) is 6.31. The molecular weight excluding hydrogens is 406 g/mol. The predicted octanol–water partition coefficient (Wildman–Crippen LogP) is 5.83. The molecule has 0 bridgehead atoms. The number of hydrogen-bond acceptors (Lipinski definition) is 0. The van der Waals surface area contributed by atoms with Gasteiger partial charge in [0.15, 0.2) is 14.7 Å². The van der Waals surface area contributed by atoms with Gasteiger partial charge in [0.25, 0.3) is 0 Å². The minimum absolute atomic E-state index is 0.196. The molecule has 0 saturated heterocycles. The van der Waals surface area contributed by atoms with Gasteiger partial charge in [-0.1, -0.05) is 17.7 Å². The fourth-order valence-corrected chi connectivity index (χ4v) is 4.62. The highest BCUT2D eigenvalue weighted by atomic mass is 127. The van der Waals surface area contributed by atoms with Gasteiger partial charge in [-0.3, -0.25) is 0 Å². The number of aryl methyl sites for hydroxylation is 1. The first kappa shape index (κ1) is 15.6. The van der Waals surface area contributed by atoms with Crippen LogP contribution in [0.3, 0.4) is 0 Å². The summed E-state index contributed by atoms with van der Waals surface area (Å²) in [5.74, 6) is -0.196. The Hall–Kier alpha value is -1.33. The molecule has 0 aliphatic carbocycles. The van der Waals surface area contributed by atoms with Crippen molar-refractivity contribution >= 4 is 33.5 Å². The molecule has 0 aliphatic heterocycles. The molecule has 3 aromatic rings. The second-order valence-corrected chi connectivity index (χ2v) is 8.30. The van der Waals surface area contributed by atoms with E-state index in [0.717, 1.165) is 4.90 Å². The monoisotopic (exact) mass is 421 g/mol. The van der Waals surface area contributed by atoms with Crippen LogP contribution in [0.5, 0.6) is 0 Å². The van der Waals surface area contributed by atoms with Gasteiger partial charge in [0.2, 0.25) is 0 Å². The number of halogens is 2. The molecule has 110 valence electrons. The Kier molecular flexibility index (Phi) is 4.84. The van der Waals surface area contributed by atoms with Crippen LogP contribution in [0, 0.1) is 16.3 Å². The molecule has 1 atom stereocenters. The maximum atomic E-state index is 13.3. The summed E-state index contributed by atoms with van der Waals surface area (Å²) in [6, 6.07) is 24.0. The van der Waals surface area contributed by atoms with E-state index in [1.54, 1.807) is 0 Å². The van der Waals surface area contributed by atoms with Crippen LogP contribution in [0.1, 0.15) is 5.56 Å². The Morgan fingerprint density at radius 2 is 1.09 bits per heavy atom. The molecule has 0 heterocycles. The molecule has 3 aromatic carbocycles. The molecule has 3 rings (SSSR count). The Morgan fingerprint density at radius 3 is 1.59 bits per heavy atom. The number of hydrogen-bond donors (Lipinski definition) is 0. The van der Waals surface area contributed by atoms with Gasteiger partial charge in [-0.05, 0) is 90.2 Å². The lowest BCUT2D eigenvalue weighted by Gasteiger charge is -2.08. The molecule has 0 nitrogen and oxygen atoms in total. The summed E-state index contributed by atoms with van der Waals surface area (Å²) in [6.07, 6.45) is 0. The van der Waals surface area contributed by atoms with Gasteiger partial charge in [-0.2, -0.15) is 0 Å². The lowest BCUT2D eigenvalue weighted by molar-refractivity contribution is 0.626. The first-order chi connectivity index (χ1) is 10.6. The smallest absolute Gasteiger partial charge is 0.166 e. The van der Waals surface area contributed by atoms with Gasteiger partial charge in [0, 0.05) is 3.57 Å². The molecule has 1 unspecified atom stereocenters. The maximum Gasteiger partial charge on any atom is 0.166 e. The first-order valence-electron chi connectivity index (χ1n) is 6.95. The molecule has 22 heavy (non-hydrogen) atoms. The maximum absolute atomic E-state index is 13.3. The third-order valence-electron chi connectivity index (χ3n) is 3.36. The molecule has 0 N–H and O–H groups in total. The van der Waals surface area contributed by atoms with Gasteiger partial charge in [-0.25, -0.2) is 4.39 Å². The second kappa shape index (κ2) is 6.84. The third kappa shape index (κ3) is 3.52. The molecule has 0 saturated carbocycles. The average molecular weight is 421 g/mol. The second-order valence-electron chi connectivity index (χ2n) is 5.03. The van der Waals surface area contributed by atoms with Gasteiger partial charge in [0.1, 0.15) is 5.82 Å². The van der Waals surface area contributed by atoms with Crippen LogP contribution >= 0.6 is 22.6 Å². The van der Waals surface area contributed by atoms with E-state index in [4.69, 9.17) is 0 Å². The van der Waals surface area contributed by atoms with Crippen LogP contribution in [0.25, 0.3) is 0 Å². The van der Waals surface area contributed by atoms with Crippen molar-refractivity contribution in [2.75, 3.05) is 0 Å². The van der Waals surface area contributed by atoms with E-state index < -0.39 is 0 Å². The molecular formula is C19H15FIS+. The molecule has 0 aliphatic rings. The van der Waals surface area contributed by atoms with Crippen LogP contribution in [0.4, 0.5) is 4.39 Å². The predicted molar refractivity (Wildman–Crippen MR) is 98.9 cm³/mol. The normalized spacial score (nSPS) is 12.1. The Bertz CT molecular complexity index is 641. The van der Waals surface area contributed by atoms with Crippen molar-refractivity contribution in [3.63, 3.8) is 0 Å². The summed E-state index contributed by atoms with van der Waals surface area (Å²) in [7, 11) is -0.209. The molecule has 3 heteroatoms. The first-order valence-corrected chi connectivity index (χ1v) is 9.26. The van der Waals surface area contributed by atoms with E-state index >= 15 is 0 Å². The highest BCUT2D eigenvalue weighted by Crippen LogP contribution is 2.31. The summed E-state index contributed by atoms with van der Waals surface area (Å²) in [5.41, 5.74) is 1.24. The van der Waals surface area contributed by atoms with Crippen molar-refractivity contribution in [1.82, 2.24) is 0 Å². The van der Waals surface area contributed by atoms with Gasteiger partial charge in [-0.15, -0.1) is 0 Å². The Labute approximate surface area is 146 Å². The van der Waals surface area contributed by atoms with E-state index in [-0.39, 0.29) is 16.7 Å². The van der Waals surface area contributed by atoms with Crippen molar-refractivity contribution < 1.29 is 4.39 Å². The number of rotatable bonds is 3. The summed E-state index contributed by atoms with van der Waals surface area (Å²) in [4.78, 5) is 3.63. The quantitative estimate of drug-likeness (QED) is 0.369. The van der Waals surface area contributed by atoms with Crippen LogP contribution in [-0.4, -0.2) is 0 Å². The fourth-order valence-electron chi connectivity index (χ4n) is 2.22. The zero-order chi connectivity index (χ0) is 15.5. The van der Waals surface area contributed by atoms with Crippen LogP contribution in [-0.2, 0) is 10.9 Å². The van der Waals surface area contributed by atoms with E-state index in [9.17, 15) is 4.39 Å². The average Bonchev–Trinajstić information content (AvgIpc) is 2.53. The molecule has 0 radical (unpaired) electrons. The van der Waals surface area contributed by atoms with E-state index in [2.05, 4.69) is 78.0 Å². The van der Waals surface area contributed by atoms with Gasteiger partial charge in [0.05, 0.1) is 10.9 Å². The largest absolute Gasteiger partial charge is 0.207 e. The minimum atomic E-state index is -0.209.